The number of para-hydroxylation sites is 1. The van der Waals surface area contributed by atoms with Gasteiger partial charge in [-0.3, -0.25) is 13.9 Å². The quantitative estimate of drug-likeness (QED) is 0.796. The van der Waals surface area contributed by atoms with Gasteiger partial charge in [0.05, 0.1) is 10.6 Å². The summed E-state index contributed by atoms with van der Waals surface area (Å²) in [5, 5.41) is 1.63. The Kier molecular flexibility index (Phi) is 4.79. The van der Waals surface area contributed by atoms with Gasteiger partial charge in [-0.15, -0.1) is 0 Å². The van der Waals surface area contributed by atoms with E-state index in [4.69, 9.17) is 5.73 Å². The molecule has 3 rings (SSSR count). The molecule has 0 saturated heterocycles. The predicted octanol–water partition coefficient (Wildman–Crippen LogP) is 1.79. The molecule has 148 valence electrons. The molecule has 0 spiro atoms. The van der Waals surface area contributed by atoms with E-state index in [1.54, 1.807) is 23.5 Å². The Balaban J connectivity index is 1.94. The van der Waals surface area contributed by atoms with E-state index in [1.165, 1.54) is 6.07 Å². The monoisotopic (exact) mass is 413 g/mol. The van der Waals surface area contributed by atoms with Gasteiger partial charge in [-0.1, -0.05) is 18.2 Å². The number of alkyl halides is 3. The summed E-state index contributed by atoms with van der Waals surface area (Å²) >= 11 is 0. The second kappa shape index (κ2) is 6.82. The van der Waals surface area contributed by atoms with Crippen molar-refractivity contribution in [2.24, 2.45) is 5.73 Å². The van der Waals surface area contributed by atoms with Crippen LogP contribution in [0.15, 0.2) is 53.4 Å². The van der Waals surface area contributed by atoms with Crippen LogP contribution in [0.4, 0.5) is 24.5 Å². The molecule has 0 radical (unpaired) electrons. The summed E-state index contributed by atoms with van der Waals surface area (Å²) in [6.07, 6.45) is -4.96. The Morgan fingerprint density at radius 1 is 1.07 bits per heavy atom. The normalized spacial score (nSPS) is 16.5. The molecular weight excluding hydrogens is 399 g/mol. The Morgan fingerprint density at radius 2 is 1.68 bits per heavy atom. The molecule has 2 aromatic carbocycles. The van der Waals surface area contributed by atoms with E-state index in [0.29, 0.717) is 11.3 Å². The zero-order valence-electron chi connectivity index (χ0n) is 14.1. The highest BCUT2D eigenvalue weighted by atomic mass is 32.2. The number of fused-ring (bicyclic) bond motifs is 1. The molecule has 1 atom stereocenters. The first-order valence-electron chi connectivity index (χ1n) is 7.91. The van der Waals surface area contributed by atoms with Crippen LogP contribution >= 0.6 is 0 Å². The van der Waals surface area contributed by atoms with Gasteiger partial charge < -0.3 is 11.1 Å². The van der Waals surface area contributed by atoms with Crippen LogP contribution in [0.25, 0.3) is 0 Å². The van der Waals surface area contributed by atoms with Crippen molar-refractivity contribution < 1.29 is 31.2 Å². The lowest BCUT2D eigenvalue weighted by Crippen LogP contribution is -2.45. The third-order valence-corrected chi connectivity index (χ3v) is 6.02. The molecule has 0 fully saturated rings. The lowest BCUT2D eigenvalue weighted by molar-refractivity contribution is -0.167. The van der Waals surface area contributed by atoms with E-state index in [-0.39, 0.29) is 17.0 Å². The molecule has 0 aromatic heterocycles. The Bertz CT molecular complexity index is 1040. The molecule has 7 nitrogen and oxygen atoms in total. The van der Waals surface area contributed by atoms with Crippen LogP contribution in [-0.4, -0.2) is 32.5 Å². The molecule has 1 heterocycles. The summed E-state index contributed by atoms with van der Waals surface area (Å²) < 4.78 is 63.9. The maximum absolute atomic E-state index is 13.1. The third-order valence-electron chi connectivity index (χ3n) is 4.18. The molecule has 1 aliphatic rings. The number of rotatable bonds is 4. The fourth-order valence-corrected chi connectivity index (χ4v) is 4.55. The van der Waals surface area contributed by atoms with Crippen molar-refractivity contribution in [3.63, 3.8) is 0 Å². The summed E-state index contributed by atoms with van der Waals surface area (Å²) in [5.41, 5.74) is 6.07. The Morgan fingerprint density at radius 3 is 2.25 bits per heavy atom. The summed E-state index contributed by atoms with van der Waals surface area (Å²) in [6, 6.07) is 9.54. The van der Waals surface area contributed by atoms with Gasteiger partial charge in [0.2, 0.25) is 5.91 Å². The standard InChI is InChI=1S/C17H14F3N3O4S/c18-17(19,20)16(25)22-11-5-7-12(8-6-11)28(26,27)23-13-4-2-1-3-10(13)9-14(23)15(21)24/h1-8,14H,9H2,(H2,21,24)(H,22,25)/t14-/m0/s1. The smallest absolute Gasteiger partial charge is 0.368 e. The van der Waals surface area contributed by atoms with Crippen molar-refractivity contribution >= 4 is 33.2 Å². The van der Waals surface area contributed by atoms with Gasteiger partial charge in [0.15, 0.2) is 0 Å². The number of anilines is 2. The summed E-state index contributed by atoms with van der Waals surface area (Å²) in [6.45, 7) is 0. The highest BCUT2D eigenvalue weighted by Crippen LogP contribution is 2.36. The molecule has 1 aliphatic heterocycles. The summed E-state index contributed by atoms with van der Waals surface area (Å²) in [4.78, 5) is 22.5. The van der Waals surface area contributed by atoms with Crippen molar-refractivity contribution in [2.75, 3.05) is 9.62 Å². The Hall–Kier alpha value is -3.08. The molecule has 0 saturated carbocycles. The average Bonchev–Trinajstić information content (AvgIpc) is 3.02. The number of sulfonamides is 1. The van der Waals surface area contributed by atoms with Crippen molar-refractivity contribution in [2.45, 2.75) is 23.5 Å². The third kappa shape index (κ3) is 3.52. The summed E-state index contributed by atoms with van der Waals surface area (Å²) in [7, 11) is -4.22. The fourth-order valence-electron chi connectivity index (χ4n) is 2.90. The lowest BCUT2D eigenvalue weighted by Gasteiger charge is -2.25. The van der Waals surface area contributed by atoms with Crippen LogP contribution in [0.2, 0.25) is 0 Å². The van der Waals surface area contributed by atoms with E-state index in [0.717, 1.165) is 28.6 Å². The fraction of sp³-hybridized carbons (Fsp3) is 0.176. The highest BCUT2D eigenvalue weighted by Gasteiger charge is 2.41. The van der Waals surface area contributed by atoms with Gasteiger partial charge in [-0.2, -0.15) is 13.2 Å². The van der Waals surface area contributed by atoms with Crippen LogP contribution in [0.1, 0.15) is 5.56 Å². The van der Waals surface area contributed by atoms with E-state index < -0.39 is 34.1 Å². The molecule has 2 amide bonds. The Labute approximate surface area is 158 Å². The molecular formula is C17H14F3N3O4S. The number of benzene rings is 2. The molecule has 3 N–H and O–H groups in total. The van der Waals surface area contributed by atoms with Crippen LogP contribution in [0.5, 0.6) is 0 Å². The van der Waals surface area contributed by atoms with Crippen LogP contribution in [0, 0.1) is 0 Å². The molecule has 0 unspecified atom stereocenters. The number of amides is 2. The molecule has 0 bridgehead atoms. The highest BCUT2D eigenvalue weighted by molar-refractivity contribution is 7.93. The minimum Gasteiger partial charge on any atom is -0.368 e. The number of hydrogen-bond acceptors (Lipinski definition) is 4. The lowest BCUT2D eigenvalue weighted by atomic mass is 10.1. The number of halogens is 3. The number of primary amides is 1. The van der Waals surface area contributed by atoms with Gasteiger partial charge >= 0.3 is 12.1 Å². The van der Waals surface area contributed by atoms with E-state index in [1.807, 2.05) is 0 Å². The maximum Gasteiger partial charge on any atom is 0.471 e. The van der Waals surface area contributed by atoms with Gasteiger partial charge in [-0.05, 0) is 35.9 Å². The minimum atomic E-state index is -5.07. The number of carbonyl (C=O) groups is 2. The van der Waals surface area contributed by atoms with E-state index in [2.05, 4.69) is 0 Å². The second-order valence-corrected chi connectivity index (χ2v) is 7.84. The van der Waals surface area contributed by atoms with Crippen LogP contribution in [0.3, 0.4) is 0 Å². The van der Waals surface area contributed by atoms with E-state index in [9.17, 15) is 31.2 Å². The van der Waals surface area contributed by atoms with Crippen molar-refractivity contribution in [1.29, 1.82) is 0 Å². The van der Waals surface area contributed by atoms with Crippen molar-refractivity contribution in [1.82, 2.24) is 0 Å². The van der Waals surface area contributed by atoms with Gasteiger partial charge in [-0.25, -0.2) is 8.42 Å². The number of nitrogens with zero attached hydrogens (tertiary/aromatic N) is 1. The number of nitrogens with two attached hydrogens (primary N) is 1. The zero-order valence-corrected chi connectivity index (χ0v) is 14.9. The SMILES string of the molecule is NC(=O)[C@@H]1Cc2ccccc2N1S(=O)(=O)c1ccc(NC(=O)C(F)(F)F)cc1. The maximum atomic E-state index is 13.1. The zero-order chi connectivity index (χ0) is 20.7. The number of nitrogens with one attached hydrogen (secondary N) is 1. The van der Waals surface area contributed by atoms with E-state index >= 15 is 0 Å². The number of carbonyl (C=O) groups excluding carboxylic acids is 2. The van der Waals surface area contributed by atoms with Gasteiger partial charge in [0.25, 0.3) is 10.0 Å². The first kappa shape index (κ1) is 19.7. The first-order chi connectivity index (χ1) is 13.0. The molecule has 2 aromatic rings. The molecule has 28 heavy (non-hydrogen) atoms. The minimum absolute atomic E-state index is 0.116. The van der Waals surface area contributed by atoms with Crippen LogP contribution < -0.4 is 15.4 Å². The largest absolute Gasteiger partial charge is 0.471 e. The summed E-state index contributed by atoms with van der Waals surface area (Å²) in [5.74, 6) is -3.00. The van der Waals surface area contributed by atoms with Gasteiger partial charge in [0.1, 0.15) is 6.04 Å². The molecule has 11 heteroatoms. The van der Waals surface area contributed by atoms with Crippen molar-refractivity contribution in [3.05, 3.63) is 54.1 Å². The van der Waals surface area contributed by atoms with Crippen molar-refractivity contribution in [3.8, 4) is 0 Å². The van der Waals surface area contributed by atoms with Crippen LogP contribution in [-0.2, 0) is 26.0 Å². The second-order valence-electron chi connectivity index (χ2n) is 6.03. The number of hydrogen-bond donors (Lipinski definition) is 2. The predicted molar refractivity (Wildman–Crippen MR) is 93.9 cm³/mol. The topological polar surface area (TPSA) is 110 Å². The molecule has 0 aliphatic carbocycles. The van der Waals surface area contributed by atoms with Gasteiger partial charge in [0, 0.05) is 12.1 Å². The average molecular weight is 413 g/mol. The first-order valence-corrected chi connectivity index (χ1v) is 9.35.